The van der Waals surface area contributed by atoms with Crippen LogP contribution in [0.4, 0.5) is 10.1 Å². The number of benzene rings is 1. The molecule has 2 aromatic rings. The Morgan fingerprint density at radius 3 is 2.89 bits per heavy atom. The maximum Gasteiger partial charge on any atom is 0.213 e. The molecule has 100 valence electrons. The zero-order valence-electron chi connectivity index (χ0n) is 10.1. The normalized spacial score (nSPS) is 10.3. The summed E-state index contributed by atoms with van der Waals surface area (Å²) in [7, 11) is 1.56. The van der Waals surface area contributed by atoms with Gasteiger partial charge in [-0.2, -0.15) is 0 Å². The molecule has 0 fully saturated rings. The number of hydrogen-bond acceptors (Lipinski definition) is 3. The monoisotopic (exact) mass is 344 g/mol. The first-order valence-electron chi connectivity index (χ1n) is 5.48. The van der Waals surface area contributed by atoms with E-state index in [0.29, 0.717) is 27.6 Å². The van der Waals surface area contributed by atoms with E-state index in [0.717, 1.165) is 5.69 Å². The van der Waals surface area contributed by atoms with Crippen molar-refractivity contribution in [1.82, 2.24) is 4.98 Å². The predicted octanol–water partition coefficient (Wildman–Crippen LogP) is 4.26. The molecule has 0 atom stereocenters. The van der Waals surface area contributed by atoms with Crippen LogP contribution in [0, 0.1) is 5.82 Å². The minimum absolute atomic E-state index is 0.315. The van der Waals surface area contributed by atoms with Crippen molar-refractivity contribution in [2.24, 2.45) is 0 Å². The Hall–Kier alpha value is -1.33. The SMILES string of the molecule is COc1cccc(CNc2c(Cl)cc(F)cc2Br)n1. The van der Waals surface area contributed by atoms with Gasteiger partial charge in [0, 0.05) is 10.5 Å². The largest absolute Gasteiger partial charge is 0.481 e. The van der Waals surface area contributed by atoms with Gasteiger partial charge in [-0.1, -0.05) is 17.7 Å². The second-order valence-corrected chi connectivity index (χ2v) is 5.03. The summed E-state index contributed by atoms with van der Waals surface area (Å²) in [5.74, 6) is 0.158. The van der Waals surface area contributed by atoms with Crippen LogP contribution in [0.1, 0.15) is 5.69 Å². The second kappa shape index (κ2) is 6.21. The molecule has 1 aromatic carbocycles. The lowest BCUT2D eigenvalue weighted by Crippen LogP contribution is -2.03. The number of anilines is 1. The van der Waals surface area contributed by atoms with Crippen molar-refractivity contribution in [2.45, 2.75) is 6.54 Å². The van der Waals surface area contributed by atoms with E-state index in [1.807, 2.05) is 12.1 Å². The lowest BCUT2D eigenvalue weighted by molar-refractivity contribution is 0.396. The van der Waals surface area contributed by atoms with Crippen molar-refractivity contribution in [1.29, 1.82) is 0 Å². The molecule has 2 rings (SSSR count). The molecule has 0 unspecified atom stereocenters. The lowest BCUT2D eigenvalue weighted by atomic mass is 10.3. The first-order valence-corrected chi connectivity index (χ1v) is 6.65. The fourth-order valence-corrected chi connectivity index (χ4v) is 2.52. The van der Waals surface area contributed by atoms with Crippen molar-refractivity contribution in [3.63, 3.8) is 0 Å². The Morgan fingerprint density at radius 1 is 1.42 bits per heavy atom. The average Bonchev–Trinajstić information content (AvgIpc) is 2.37. The molecule has 0 radical (unpaired) electrons. The van der Waals surface area contributed by atoms with Gasteiger partial charge in [0.05, 0.1) is 30.1 Å². The molecule has 1 aromatic heterocycles. The van der Waals surface area contributed by atoms with Crippen molar-refractivity contribution < 1.29 is 9.13 Å². The highest BCUT2D eigenvalue weighted by Gasteiger charge is 2.08. The number of hydrogen-bond donors (Lipinski definition) is 1. The summed E-state index contributed by atoms with van der Waals surface area (Å²) in [6, 6.07) is 8.09. The van der Waals surface area contributed by atoms with Gasteiger partial charge < -0.3 is 10.1 Å². The minimum atomic E-state index is -0.387. The summed E-state index contributed by atoms with van der Waals surface area (Å²) in [4.78, 5) is 4.27. The highest BCUT2D eigenvalue weighted by molar-refractivity contribution is 9.10. The van der Waals surface area contributed by atoms with E-state index in [1.54, 1.807) is 13.2 Å². The molecule has 1 heterocycles. The highest BCUT2D eigenvalue weighted by Crippen LogP contribution is 2.31. The highest BCUT2D eigenvalue weighted by atomic mass is 79.9. The summed E-state index contributed by atoms with van der Waals surface area (Å²) >= 11 is 9.25. The van der Waals surface area contributed by atoms with E-state index in [4.69, 9.17) is 16.3 Å². The molecule has 0 amide bonds. The fourth-order valence-electron chi connectivity index (χ4n) is 1.56. The molecule has 0 bridgehead atoms. The lowest BCUT2D eigenvalue weighted by Gasteiger charge is -2.11. The van der Waals surface area contributed by atoms with E-state index < -0.39 is 0 Å². The van der Waals surface area contributed by atoms with E-state index in [2.05, 4.69) is 26.2 Å². The molecule has 0 saturated carbocycles. The molecule has 0 aliphatic rings. The van der Waals surface area contributed by atoms with Crippen molar-refractivity contribution >= 4 is 33.2 Å². The van der Waals surface area contributed by atoms with Crippen LogP contribution in [0.5, 0.6) is 5.88 Å². The Morgan fingerprint density at radius 2 is 2.21 bits per heavy atom. The summed E-state index contributed by atoms with van der Waals surface area (Å²) in [6.45, 7) is 0.459. The third-order valence-electron chi connectivity index (χ3n) is 2.44. The zero-order chi connectivity index (χ0) is 13.8. The summed E-state index contributed by atoms with van der Waals surface area (Å²) in [6.07, 6.45) is 0. The summed E-state index contributed by atoms with van der Waals surface area (Å²) in [5, 5.41) is 3.43. The number of methoxy groups -OCH3 is 1. The molecule has 0 aliphatic carbocycles. The van der Waals surface area contributed by atoms with Crippen LogP contribution in [-0.2, 0) is 6.54 Å². The van der Waals surface area contributed by atoms with E-state index in [-0.39, 0.29) is 5.82 Å². The third kappa shape index (κ3) is 3.58. The number of rotatable bonds is 4. The Labute approximate surface area is 123 Å². The maximum atomic E-state index is 13.1. The van der Waals surface area contributed by atoms with Crippen LogP contribution >= 0.6 is 27.5 Å². The number of nitrogens with one attached hydrogen (secondary N) is 1. The minimum Gasteiger partial charge on any atom is -0.481 e. The van der Waals surface area contributed by atoms with E-state index in [9.17, 15) is 4.39 Å². The molecule has 0 saturated heterocycles. The van der Waals surface area contributed by atoms with Gasteiger partial charge in [0.2, 0.25) is 5.88 Å². The Balaban J connectivity index is 2.14. The number of aromatic nitrogens is 1. The quantitative estimate of drug-likeness (QED) is 0.899. The predicted molar refractivity (Wildman–Crippen MR) is 77.2 cm³/mol. The third-order valence-corrected chi connectivity index (χ3v) is 3.37. The van der Waals surface area contributed by atoms with Gasteiger partial charge in [-0.25, -0.2) is 9.37 Å². The zero-order valence-corrected chi connectivity index (χ0v) is 12.4. The number of halogens is 3. The number of pyridine rings is 1. The first-order chi connectivity index (χ1) is 9.10. The summed E-state index contributed by atoms with van der Waals surface area (Å²) in [5.41, 5.74) is 1.43. The van der Waals surface area contributed by atoms with Gasteiger partial charge in [-0.3, -0.25) is 0 Å². The van der Waals surface area contributed by atoms with Crippen LogP contribution in [0.15, 0.2) is 34.8 Å². The van der Waals surface area contributed by atoms with Gasteiger partial charge in [-0.15, -0.1) is 0 Å². The molecule has 0 spiro atoms. The van der Waals surface area contributed by atoms with E-state index >= 15 is 0 Å². The fraction of sp³-hybridized carbons (Fsp3) is 0.154. The first kappa shape index (κ1) is 14.1. The van der Waals surface area contributed by atoms with Crippen LogP contribution in [-0.4, -0.2) is 12.1 Å². The molecular weight excluding hydrogens is 335 g/mol. The maximum absolute atomic E-state index is 13.1. The van der Waals surface area contributed by atoms with Gasteiger partial charge >= 0.3 is 0 Å². The Bertz CT molecular complexity index is 572. The van der Waals surface area contributed by atoms with Gasteiger partial charge in [0.1, 0.15) is 5.82 Å². The van der Waals surface area contributed by atoms with Gasteiger partial charge in [0.25, 0.3) is 0 Å². The molecule has 0 aliphatic heterocycles. The van der Waals surface area contributed by atoms with Crippen molar-refractivity contribution in [3.05, 3.63) is 51.3 Å². The standard InChI is InChI=1S/C13H11BrClFN2O/c1-19-12-4-2-3-9(18-12)7-17-13-10(14)5-8(16)6-11(13)15/h2-6,17H,7H2,1H3. The van der Waals surface area contributed by atoms with Gasteiger partial charge in [-0.05, 0) is 34.1 Å². The number of nitrogens with zero attached hydrogens (tertiary/aromatic N) is 1. The topological polar surface area (TPSA) is 34.1 Å². The van der Waals surface area contributed by atoms with Crippen LogP contribution in [0.2, 0.25) is 5.02 Å². The average molecular weight is 346 g/mol. The molecule has 3 nitrogen and oxygen atoms in total. The molecular formula is C13H11BrClFN2O. The van der Waals surface area contributed by atoms with Gasteiger partial charge in [0.15, 0.2) is 0 Å². The van der Waals surface area contributed by atoms with Crippen LogP contribution in [0.3, 0.4) is 0 Å². The van der Waals surface area contributed by atoms with Crippen LogP contribution < -0.4 is 10.1 Å². The van der Waals surface area contributed by atoms with E-state index in [1.165, 1.54) is 12.1 Å². The Kier molecular flexibility index (Phi) is 4.61. The summed E-state index contributed by atoms with van der Waals surface area (Å²) < 4.78 is 18.7. The number of ether oxygens (including phenoxy) is 1. The van der Waals surface area contributed by atoms with Crippen molar-refractivity contribution in [3.8, 4) is 5.88 Å². The second-order valence-electron chi connectivity index (χ2n) is 3.77. The van der Waals surface area contributed by atoms with Crippen molar-refractivity contribution in [2.75, 3.05) is 12.4 Å². The molecule has 6 heteroatoms. The van der Waals surface area contributed by atoms with Crippen LogP contribution in [0.25, 0.3) is 0 Å². The molecule has 19 heavy (non-hydrogen) atoms. The smallest absolute Gasteiger partial charge is 0.213 e. The molecule has 1 N–H and O–H groups in total.